The molecule has 4 aromatic heterocycles. The van der Waals surface area contributed by atoms with Crippen LogP contribution in [0.2, 0.25) is 5.02 Å². The van der Waals surface area contributed by atoms with Gasteiger partial charge in [-0.2, -0.15) is 13.9 Å². The molecule has 1 atom stereocenters. The fraction of sp³-hybridized carbons (Fsp3) is 0.136. The molecule has 12 heteroatoms. The number of fused-ring (bicyclic) bond motifs is 1. The molecule has 1 N–H and O–H groups in total. The molecule has 172 valence electrons. The Bertz CT molecular complexity index is 1430. The predicted octanol–water partition coefficient (Wildman–Crippen LogP) is 5.11. The molecule has 5 rings (SSSR count). The lowest BCUT2D eigenvalue weighted by Crippen LogP contribution is -2.26. The van der Waals surface area contributed by atoms with Gasteiger partial charge in [0.1, 0.15) is 18.3 Å². The van der Waals surface area contributed by atoms with Gasteiger partial charge < -0.3 is 9.73 Å². The third-order valence-corrected chi connectivity index (χ3v) is 5.22. The first-order valence-electron chi connectivity index (χ1n) is 9.99. The fourth-order valence-corrected chi connectivity index (χ4v) is 3.56. The summed E-state index contributed by atoms with van der Waals surface area (Å²) < 4.78 is 51.7. The minimum absolute atomic E-state index is 0.0258. The molecule has 0 amide bonds. The molecule has 0 aliphatic carbocycles. The molecular weight excluding hydrogens is 471 g/mol. The van der Waals surface area contributed by atoms with Crippen molar-refractivity contribution < 1.29 is 17.6 Å². The van der Waals surface area contributed by atoms with Crippen LogP contribution in [0.4, 0.5) is 19.0 Å². The van der Waals surface area contributed by atoms with E-state index in [-0.39, 0.29) is 34.1 Å². The van der Waals surface area contributed by atoms with Gasteiger partial charge in [0.25, 0.3) is 0 Å². The maximum Gasteiger partial charge on any atom is 0.306 e. The van der Waals surface area contributed by atoms with Gasteiger partial charge in [0.15, 0.2) is 16.9 Å². The molecule has 0 fully saturated rings. The van der Waals surface area contributed by atoms with Crippen molar-refractivity contribution >= 4 is 28.5 Å². The summed E-state index contributed by atoms with van der Waals surface area (Å²) in [5.41, 5.74) is 0.444. The molecular formula is C22H15ClF3N7O. The van der Waals surface area contributed by atoms with E-state index in [0.717, 1.165) is 0 Å². The van der Waals surface area contributed by atoms with Crippen LogP contribution in [0.25, 0.3) is 16.8 Å². The van der Waals surface area contributed by atoms with Crippen LogP contribution in [-0.4, -0.2) is 36.3 Å². The maximum atomic E-state index is 15.6. The van der Waals surface area contributed by atoms with E-state index in [0.29, 0.717) is 10.7 Å². The monoisotopic (exact) mass is 485 g/mol. The first-order chi connectivity index (χ1) is 16.4. The van der Waals surface area contributed by atoms with Crippen molar-refractivity contribution in [1.29, 1.82) is 0 Å². The van der Waals surface area contributed by atoms with Crippen LogP contribution in [0.15, 0.2) is 71.9 Å². The molecule has 1 unspecified atom stereocenters. The van der Waals surface area contributed by atoms with Gasteiger partial charge in [0.05, 0.1) is 12.2 Å². The van der Waals surface area contributed by atoms with E-state index in [1.165, 1.54) is 54.0 Å². The lowest BCUT2D eigenvalue weighted by atomic mass is 10.1. The van der Waals surface area contributed by atoms with Crippen LogP contribution < -0.4 is 5.32 Å². The maximum absolute atomic E-state index is 15.6. The van der Waals surface area contributed by atoms with Crippen molar-refractivity contribution in [3.8, 4) is 5.69 Å². The number of alkyl halides is 3. The summed E-state index contributed by atoms with van der Waals surface area (Å²) in [6.45, 7) is -0.790. The summed E-state index contributed by atoms with van der Waals surface area (Å²) in [5.74, 6) is -3.53. The third-order valence-electron chi connectivity index (χ3n) is 4.99. The van der Waals surface area contributed by atoms with Crippen molar-refractivity contribution in [3.63, 3.8) is 0 Å². The average molecular weight is 486 g/mol. The minimum atomic E-state index is -3.27. The zero-order valence-electron chi connectivity index (χ0n) is 17.2. The van der Waals surface area contributed by atoms with E-state index in [4.69, 9.17) is 16.0 Å². The molecule has 0 saturated heterocycles. The van der Waals surface area contributed by atoms with E-state index >= 15 is 4.39 Å². The number of pyridine rings is 2. The molecule has 0 aliphatic heterocycles. The number of halogens is 4. The van der Waals surface area contributed by atoms with Crippen LogP contribution in [0, 0.1) is 0 Å². The summed E-state index contributed by atoms with van der Waals surface area (Å²) in [6, 6.07) is 10.3. The van der Waals surface area contributed by atoms with Crippen molar-refractivity contribution in [1.82, 2.24) is 29.7 Å². The molecule has 1 aromatic carbocycles. The second-order valence-corrected chi connectivity index (χ2v) is 7.67. The number of nitrogens with one attached hydrogen (secondary N) is 1. The summed E-state index contributed by atoms with van der Waals surface area (Å²) in [4.78, 5) is 15.9. The number of benzene rings is 1. The third kappa shape index (κ3) is 4.17. The fourth-order valence-electron chi connectivity index (χ4n) is 3.38. The van der Waals surface area contributed by atoms with Crippen LogP contribution >= 0.6 is 11.6 Å². The van der Waals surface area contributed by atoms with Gasteiger partial charge in [-0.15, -0.1) is 0 Å². The Morgan fingerprint density at radius 2 is 2.00 bits per heavy atom. The second kappa shape index (κ2) is 8.75. The lowest BCUT2D eigenvalue weighted by molar-refractivity contribution is 0.00594. The van der Waals surface area contributed by atoms with Gasteiger partial charge in [-0.25, -0.2) is 24.0 Å². The van der Waals surface area contributed by atoms with Crippen molar-refractivity contribution in [2.24, 2.45) is 0 Å². The number of anilines is 1. The van der Waals surface area contributed by atoms with Crippen LogP contribution in [0.5, 0.6) is 0 Å². The van der Waals surface area contributed by atoms with Crippen LogP contribution in [-0.2, 0) is 5.92 Å². The predicted molar refractivity (Wildman–Crippen MR) is 118 cm³/mol. The molecule has 8 nitrogen and oxygen atoms in total. The van der Waals surface area contributed by atoms with Gasteiger partial charge in [0, 0.05) is 29.0 Å². The lowest BCUT2D eigenvalue weighted by Gasteiger charge is -2.16. The highest BCUT2D eigenvalue weighted by molar-refractivity contribution is 6.30. The van der Waals surface area contributed by atoms with Gasteiger partial charge in [0.2, 0.25) is 12.1 Å². The second-order valence-electron chi connectivity index (χ2n) is 7.24. The highest BCUT2D eigenvalue weighted by Gasteiger charge is 2.33. The quantitative estimate of drug-likeness (QED) is 0.342. The van der Waals surface area contributed by atoms with E-state index in [2.05, 4.69) is 30.4 Å². The number of rotatable bonds is 7. The van der Waals surface area contributed by atoms with Crippen molar-refractivity contribution in [2.45, 2.75) is 12.1 Å². The van der Waals surface area contributed by atoms with Crippen LogP contribution in [0.3, 0.4) is 0 Å². The standard InChI is InChI=1S/C22H15ClF3N7O/c23-13-4-5-15(33-12-27-11-31-33)14(9-13)18(24)21-32-19-16(34-21)6-8-29-20(19)30-10-22(25,26)17-3-1-2-7-28-17/h1-9,11-12,18H,10H2,(H,29,30). The Balaban J connectivity index is 1.46. The van der Waals surface area contributed by atoms with E-state index in [9.17, 15) is 8.78 Å². The van der Waals surface area contributed by atoms with Crippen molar-refractivity contribution in [2.75, 3.05) is 11.9 Å². The summed E-state index contributed by atoms with van der Waals surface area (Å²) in [7, 11) is 0. The molecule has 0 radical (unpaired) electrons. The molecule has 4 heterocycles. The smallest absolute Gasteiger partial charge is 0.306 e. The average Bonchev–Trinajstić information content (AvgIpc) is 3.53. The largest absolute Gasteiger partial charge is 0.437 e. The van der Waals surface area contributed by atoms with E-state index < -0.39 is 18.6 Å². The normalized spacial score (nSPS) is 12.7. The van der Waals surface area contributed by atoms with E-state index in [1.54, 1.807) is 18.2 Å². The summed E-state index contributed by atoms with van der Waals surface area (Å²) in [5, 5.41) is 6.91. The van der Waals surface area contributed by atoms with Gasteiger partial charge in [-0.1, -0.05) is 17.7 Å². The van der Waals surface area contributed by atoms with Gasteiger partial charge in [-0.05, 0) is 30.3 Å². The zero-order chi connectivity index (χ0) is 23.7. The Hall–Kier alpha value is -3.99. The summed E-state index contributed by atoms with van der Waals surface area (Å²) in [6.07, 6.45) is 3.55. The number of hydrogen-bond acceptors (Lipinski definition) is 7. The number of hydrogen-bond donors (Lipinski definition) is 1. The highest BCUT2D eigenvalue weighted by Crippen LogP contribution is 2.35. The minimum Gasteiger partial charge on any atom is -0.437 e. The highest BCUT2D eigenvalue weighted by atomic mass is 35.5. The Morgan fingerprint density at radius 1 is 1.12 bits per heavy atom. The van der Waals surface area contributed by atoms with Crippen LogP contribution in [0.1, 0.15) is 23.3 Å². The molecule has 0 spiro atoms. The number of oxazole rings is 1. The topological polar surface area (TPSA) is 94.6 Å². The zero-order valence-corrected chi connectivity index (χ0v) is 18.0. The molecule has 34 heavy (non-hydrogen) atoms. The van der Waals surface area contributed by atoms with E-state index in [1.807, 2.05) is 0 Å². The van der Waals surface area contributed by atoms with Gasteiger partial charge in [-0.3, -0.25) is 4.98 Å². The Labute approximate surface area is 195 Å². The molecule has 0 bridgehead atoms. The number of aromatic nitrogens is 6. The molecule has 5 aromatic rings. The Morgan fingerprint density at radius 3 is 2.76 bits per heavy atom. The first-order valence-corrected chi connectivity index (χ1v) is 10.4. The SMILES string of the molecule is FC(c1nc2c(NCC(F)(F)c3ccccn3)nccc2o1)c1cc(Cl)ccc1-n1cncn1. The number of nitrogens with zero attached hydrogens (tertiary/aromatic N) is 6. The molecule has 0 aliphatic rings. The van der Waals surface area contributed by atoms with Crippen molar-refractivity contribution in [3.05, 3.63) is 89.7 Å². The summed E-state index contributed by atoms with van der Waals surface area (Å²) >= 11 is 6.09. The van der Waals surface area contributed by atoms with Gasteiger partial charge >= 0.3 is 5.92 Å². The molecule has 0 saturated carbocycles. The Kier molecular flexibility index (Phi) is 5.62. The first kappa shape index (κ1) is 21.8.